The number of aromatic amines is 1. The molecule has 0 aliphatic heterocycles. The summed E-state index contributed by atoms with van der Waals surface area (Å²) >= 11 is 0. The highest BCUT2D eigenvalue weighted by molar-refractivity contribution is 5.74. The summed E-state index contributed by atoms with van der Waals surface area (Å²) in [5.41, 5.74) is 1.38. The van der Waals surface area contributed by atoms with E-state index in [9.17, 15) is 10.1 Å². The van der Waals surface area contributed by atoms with E-state index in [0.29, 0.717) is 18.8 Å². The maximum absolute atomic E-state index is 10.8. The van der Waals surface area contributed by atoms with Crippen LogP contribution in [0.3, 0.4) is 0 Å². The number of benzene rings is 1. The van der Waals surface area contributed by atoms with Crippen LogP contribution in [0.5, 0.6) is 0 Å². The Kier molecular flexibility index (Phi) is 3.84. The van der Waals surface area contributed by atoms with Crippen LogP contribution in [0.4, 0.5) is 11.5 Å². The summed E-state index contributed by atoms with van der Waals surface area (Å²) in [5, 5.41) is 22.7. The number of H-pyrrole nitrogens is 1. The van der Waals surface area contributed by atoms with Gasteiger partial charge in [0, 0.05) is 19.0 Å². The molecular weight excluding hydrogens is 296 g/mol. The number of fused-ring (bicyclic) bond motifs is 1. The number of nitrogens with one attached hydrogen (secondary N) is 2. The van der Waals surface area contributed by atoms with Crippen molar-refractivity contribution in [3.05, 3.63) is 58.0 Å². The number of hydrogen-bond donors (Lipinski definition) is 2. The van der Waals surface area contributed by atoms with Crippen molar-refractivity contribution < 1.29 is 4.92 Å². The van der Waals surface area contributed by atoms with Gasteiger partial charge < -0.3 is 10.3 Å². The van der Waals surface area contributed by atoms with Gasteiger partial charge in [-0.15, -0.1) is 0 Å². The molecular formula is C15H12N6O2. The monoisotopic (exact) mass is 308 g/mol. The molecule has 0 unspecified atom stereocenters. The molecule has 0 spiro atoms. The molecule has 0 radical (unpaired) electrons. The van der Waals surface area contributed by atoms with Crippen LogP contribution in [0, 0.1) is 21.4 Å². The van der Waals surface area contributed by atoms with Crippen LogP contribution in [0.15, 0.2) is 36.4 Å². The quantitative estimate of drug-likeness (QED) is 0.551. The molecule has 1 aromatic carbocycles. The highest BCUT2D eigenvalue weighted by atomic mass is 16.6. The second kappa shape index (κ2) is 6.11. The zero-order valence-corrected chi connectivity index (χ0v) is 12.0. The number of rotatable bonds is 5. The van der Waals surface area contributed by atoms with E-state index >= 15 is 0 Å². The lowest BCUT2D eigenvalue weighted by molar-refractivity contribution is -0.385. The molecule has 3 rings (SSSR count). The Morgan fingerprint density at radius 1 is 1.26 bits per heavy atom. The van der Waals surface area contributed by atoms with Crippen molar-refractivity contribution in [1.82, 2.24) is 15.0 Å². The molecule has 2 heterocycles. The van der Waals surface area contributed by atoms with Gasteiger partial charge in [-0.3, -0.25) is 10.1 Å². The molecule has 8 nitrogen and oxygen atoms in total. The lowest BCUT2D eigenvalue weighted by atomic mass is 10.3. The SMILES string of the molecule is N#Cc1nc(NCCc2nc3ccccc3[nH]2)ccc1[N+](=O)[O-]. The maximum Gasteiger partial charge on any atom is 0.305 e. The van der Waals surface area contributed by atoms with Crippen molar-refractivity contribution in [3.8, 4) is 6.07 Å². The molecule has 0 aliphatic rings. The van der Waals surface area contributed by atoms with Crippen LogP contribution < -0.4 is 5.32 Å². The van der Waals surface area contributed by atoms with Gasteiger partial charge >= 0.3 is 5.69 Å². The van der Waals surface area contributed by atoms with Crippen molar-refractivity contribution in [3.63, 3.8) is 0 Å². The van der Waals surface area contributed by atoms with Gasteiger partial charge in [-0.05, 0) is 18.2 Å². The molecule has 0 atom stereocenters. The maximum atomic E-state index is 10.8. The molecule has 0 fully saturated rings. The number of pyridine rings is 1. The second-order valence-electron chi connectivity index (χ2n) is 4.81. The van der Waals surface area contributed by atoms with Crippen molar-refractivity contribution in [2.75, 3.05) is 11.9 Å². The number of hydrogen-bond acceptors (Lipinski definition) is 6. The predicted octanol–water partition coefficient (Wildman–Crippen LogP) is 2.39. The number of imidazole rings is 1. The van der Waals surface area contributed by atoms with E-state index < -0.39 is 4.92 Å². The number of aromatic nitrogens is 3. The first-order valence-corrected chi connectivity index (χ1v) is 6.90. The van der Waals surface area contributed by atoms with Crippen LogP contribution in [0.25, 0.3) is 11.0 Å². The van der Waals surface area contributed by atoms with Crippen LogP contribution >= 0.6 is 0 Å². The highest BCUT2D eigenvalue weighted by Gasteiger charge is 2.15. The first-order valence-electron chi connectivity index (χ1n) is 6.90. The second-order valence-corrected chi connectivity index (χ2v) is 4.81. The van der Waals surface area contributed by atoms with Crippen molar-refractivity contribution in [2.45, 2.75) is 6.42 Å². The molecule has 0 bridgehead atoms. The fourth-order valence-electron chi connectivity index (χ4n) is 2.21. The minimum Gasteiger partial charge on any atom is -0.370 e. The van der Waals surface area contributed by atoms with Gasteiger partial charge in [0.25, 0.3) is 0 Å². The fourth-order valence-corrected chi connectivity index (χ4v) is 2.21. The van der Waals surface area contributed by atoms with Crippen LogP contribution in [-0.4, -0.2) is 26.4 Å². The minimum absolute atomic E-state index is 0.205. The topological polar surface area (TPSA) is 121 Å². The van der Waals surface area contributed by atoms with E-state index in [2.05, 4.69) is 20.3 Å². The highest BCUT2D eigenvalue weighted by Crippen LogP contribution is 2.18. The Morgan fingerprint density at radius 2 is 2.09 bits per heavy atom. The first-order chi connectivity index (χ1) is 11.2. The van der Waals surface area contributed by atoms with Gasteiger partial charge in [-0.1, -0.05) is 12.1 Å². The van der Waals surface area contributed by atoms with Gasteiger partial charge in [-0.2, -0.15) is 5.26 Å². The third-order valence-electron chi connectivity index (χ3n) is 3.28. The molecule has 2 N–H and O–H groups in total. The predicted molar refractivity (Wildman–Crippen MR) is 83.9 cm³/mol. The summed E-state index contributed by atoms with van der Waals surface area (Å²) in [5.74, 6) is 1.25. The summed E-state index contributed by atoms with van der Waals surface area (Å²) in [6.07, 6.45) is 0.634. The summed E-state index contributed by atoms with van der Waals surface area (Å²) < 4.78 is 0. The molecule has 3 aromatic rings. The van der Waals surface area contributed by atoms with E-state index in [1.54, 1.807) is 6.07 Å². The summed E-state index contributed by atoms with van der Waals surface area (Å²) in [4.78, 5) is 21.8. The fraction of sp³-hybridized carbons (Fsp3) is 0.133. The molecule has 2 aromatic heterocycles. The normalized spacial score (nSPS) is 10.4. The Morgan fingerprint density at radius 3 is 2.83 bits per heavy atom. The van der Waals surface area contributed by atoms with Gasteiger partial charge in [-0.25, -0.2) is 9.97 Å². The van der Waals surface area contributed by atoms with Gasteiger partial charge in [0.05, 0.1) is 16.0 Å². The Bertz CT molecular complexity index is 879. The van der Waals surface area contributed by atoms with Crippen molar-refractivity contribution >= 4 is 22.5 Å². The standard InChI is InChI=1S/C15H12N6O2/c16-9-12-13(21(22)23)5-6-14(20-12)17-8-7-15-18-10-3-1-2-4-11(10)19-15/h1-6H,7-8H2,(H,17,20)(H,18,19). The first kappa shape index (κ1) is 14.5. The van der Waals surface area contributed by atoms with Gasteiger partial charge in [0.1, 0.15) is 17.7 Å². The average Bonchev–Trinajstić information content (AvgIpc) is 2.97. The van der Waals surface area contributed by atoms with E-state index in [4.69, 9.17) is 5.26 Å². The summed E-state index contributed by atoms with van der Waals surface area (Å²) in [6, 6.07) is 12.2. The largest absolute Gasteiger partial charge is 0.370 e. The zero-order chi connectivity index (χ0) is 16.2. The van der Waals surface area contributed by atoms with Crippen LogP contribution in [0.2, 0.25) is 0 Å². The molecule has 8 heteroatoms. The zero-order valence-electron chi connectivity index (χ0n) is 12.0. The Hall–Kier alpha value is -3.47. The molecule has 0 saturated carbocycles. The van der Waals surface area contributed by atoms with E-state index in [-0.39, 0.29) is 11.4 Å². The average molecular weight is 308 g/mol. The Balaban J connectivity index is 1.66. The minimum atomic E-state index is -0.621. The summed E-state index contributed by atoms with van der Waals surface area (Å²) in [6.45, 7) is 0.537. The number of para-hydroxylation sites is 2. The van der Waals surface area contributed by atoms with E-state index in [0.717, 1.165) is 16.9 Å². The van der Waals surface area contributed by atoms with E-state index in [1.807, 2.05) is 24.3 Å². The number of anilines is 1. The third-order valence-corrected chi connectivity index (χ3v) is 3.28. The molecule has 0 saturated heterocycles. The lowest BCUT2D eigenvalue weighted by Crippen LogP contribution is -2.08. The Labute approximate surface area is 131 Å². The summed E-state index contributed by atoms with van der Waals surface area (Å²) in [7, 11) is 0. The number of nitro groups is 1. The van der Waals surface area contributed by atoms with Gasteiger partial charge in [0.15, 0.2) is 0 Å². The third kappa shape index (κ3) is 3.08. The van der Waals surface area contributed by atoms with Crippen molar-refractivity contribution in [1.29, 1.82) is 5.26 Å². The molecule has 23 heavy (non-hydrogen) atoms. The molecule has 0 amide bonds. The molecule has 114 valence electrons. The smallest absolute Gasteiger partial charge is 0.305 e. The van der Waals surface area contributed by atoms with Crippen LogP contribution in [-0.2, 0) is 6.42 Å². The van der Waals surface area contributed by atoms with Crippen molar-refractivity contribution in [2.24, 2.45) is 0 Å². The van der Waals surface area contributed by atoms with Gasteiger partial charge in [0.2, 0.25) is 5.69 Å². The number of nitriles is 1. The number of nitrogens with zero attached hydrogens (tertiary/aromatic N) is 4. The van der Waals surface area contributed by atoms with E-state index in [1.165, 1.54) is 12.1 Å². The molecule has 0 aliphatic carbocycles. The van der Waals surface area contributed by atoms with Crippen LogP contribution in [0.1, 0.15) is 11.5 Å². The lowest BCUT2D eigenvalue weighted by Gasteiger charge is -2.04.